The van der Waals surface area contributed by atoms with Gasteiger partial charge in [-0.05, 0) is 0 Å². The molecule has 0 saturated carbocycles. The molecule has 6 N–H and O–H groups in total. The van der Waals surface area contributed by atoms with E-state index in [0.29, 0.717) is 0 Å². The van der Waals surface area contributed by atoms with Gasteiger partial charge in [-0.2, -0.15) is 0 Å². The SMILES string of the molecule is C=CC1C(OC2OC(CO)C(O)C(O)C2O)OC=C(C(=O)OC)C1CC1OCC2OC(OC3OC=C(C(=O)OC)C(CC(OC)OC)C3C=C)C(O)C(O)C2O1. The van der Waals surface area contributed by atoms with E-state index in [0.717, 1.165) is 6.26 Å². The molecule has 0 aromatic rings. The smallest absolute Gasteiger partial charge is 0.337 e. The average molecular weight is 805 g/mol. The van der Waals surface area contributed by atoms with Gasteiger partial charge in [0.1, 0.15) is 48.8 Å². The summed E-state index contributed by atoms with van der Waals surface area (Å²) in [6.45, 7) is 6.89. The van der Waals surface area contributed by atoms with Gasteiger partial charge in [-0.3, -0.25) is 0 Å². The van der Waals surface area contributed by atoms with Crippen molar-refractivity contribution in [2.75, 3.05) is 41.7 Å². The van der Waals surface area contributed by atoms with Crippen LogP contribution in [0.25, 0.3) is 0 Å². The molecule has 17 atom stereocenters. The normalized spacial score (nSPS) is 41.2. The maximum Gasteiger partial charge on any atom is 0.337 e. The monoisotopic (exact) mass is 804 g/mol. The van der Waals surface area contributed by atoms with Crippen LogP contribution >= 0.6 is 0 Å². The Labute approximate surface area is 322 Å². The first kappa shape index (κ1) is 44.1. The molecule has 0 amide bonds. The molecule has 3 fully saturated rings. The summed E-state index contributed by atoms with van der Waals surface area (Å²) in [5.41, 5.74) is 0.227. The van der Waals surface area contributed by atoms with Crippen molar-refractivity contribution in [3.8, 4) is 0 Å². The van der Waals surface area contributed by atoms with E-state index in [1.165, 1.54) is 46.9 Å². The van der Waals surface area contributed by atoms with Crippen molar-refractivity contribution in [1.29, 1.82) is 0 Å². The minimum absolute atomic E-state index is 0.0450. The lowest BCUT2D eigenvalue weighted by atomic mass is 9.81. The van der Waals surface area contributed by atoms with Crippen LogP contribution in [0.1, 0.15) is 12.8 Å². The first-order valence-electron chi connectivity index (χ1n) is 17.9. The van der Waals surface area contributed by atoms with Gasteiger partial charge < -0.3 is 87.5 Å². The molecular formula is C36H52O20. The molecule has 316 valence electrons. The Balaban J connectivity index is 1.27. The Morgan fingerprint density at radius 3 is 1.82 bits per heavy atom. The van der Waals surface area contributed by atoms with Crippen molar-refractivity contribution in [2.24, 2.45) is 23.7 Å². The molecule has 5 aliphatic heterocycles. The number of rotatable bonds is 15. The Morgan fingerprint density at radius 2 is 1.29 bits per heavy atom. The Morgan fingerprint density at radius 1 is 0.750 bits per heavy atom. The topological polar surface area (TPSA) is 266 Å². The summed E-state index contributed by atoms with van der Waals surface area (Å²) in [5.74, 6) is -4.40. The van der Waals surface area contributed by atoms with E-state index in [1.54, 1.807) is 0 Å². The van der Waals surface area contributed by atoms with Crippen LogP contribution in [0.3, 0.4) is 0 Å². The number of esters is 2. The third-order valence-corrected chi connectivity index (χ3v) is 10.6. The summed E-state index contributed by atoms with van der Waals surface area (Å²) < 4.78 is 67.6. The molecule has 0 aromatic heterocycles. The van der Waals surface area contributed by atoms with Crippen molar-refractivity contribution in [3.63, 3.8) is 0 Å². The predicted molar refractivity (Wildman–Crippen MR) is 183 cm³/mol. The van der Waals surface area contributed by atoms with Crippen molar-refractivity contribution in [3.05, 3.63) is 49.0 Å². The maximum absolute atomic E-state index is 12.9. The zero-order valence-electron chi connectivity index (χ0n) is 31.3. The van der Waals surface area contributed by atoms with Crippen molar-refractivity contribution < 1.29 is 97.1 Å². The molecule has 5 heterocycles. The van der Waals surface area contributed by atoms with Crippen LogP contribution < -0.4 is 0 Å². The second kappa shape index (κ2) is 19.6. The molecular weight excluding hydrogens is 752 g/mol. The molecule has 20 heteroatoms. The molecule has 5 aliphatic rings. The number of hydrogen-bond acceptors (Lipinski definition) is 20. The van der Waals surface area contributed by atoms with E-state index < -0.39 is 129 Å². The van der Waals surface area contributed by atoms with Gasteiger partial charge >= 0.3 is 11.9 Å². The molecule has 0 aromatic carbocycles. The summed E-state index contributed by atoms with van der Waals surface area (Å²) in [6.07, 6.45) is -13.5. The first-order valence-corrected chi connectivity index (χ1v) is 17.9. The Kier molecular flexibility index (Phi) is 15.4. The molecule has 3 saturated heterocycles. The van der Waals surface area contributed by atoms with Gasteiger partial charge in [0, 0.05) is 50.7 Å². The number of fused-ring (bicyclic) bond motifs is 1. The van der Waals surface area contributed by atoms with Gasteiger partial charge in [-0.1, -0.05) is 12.2 Å². The third-order valence-electron chi connectivity index (χ3n) is 10.6. The first-order chi connectivity index (χ1) is 26.8. The molecule has 5 rings (SSSR count). The van der Waals surface area contributed by atoms with Crippen LogP contribution in [0.5, 0.6) is 0 Å². The lowest BCUT2D eigenvalue weighted by Gasteiger charge is -2.48. The molecule has 0 bridgehead atoms. The van der Waals surface area contributed by atoms with Gasteiger partial charge in [0.25, 0.3) is 0 Å². The van der Waals surface area contributed by atoms with Crippen molar-refractivity contribution in [2.45, 2.75) is 99.4 Å². The van der Waals surface area contributed by atoms with E-state index in [9.17, 15) is 40.2 Å². The minimum atomic E-state index is -1.73. The highest BCUT2D eigenvalue weighted by Crippen LogP contribution is 2.42. The fourth-order valence-corrected chi connectivity index (χ4v) is 7.44. The lowest BCUT2D eigenvalue weighted by Crippen LogP contribution is -2.64. The maximum atomic E-state index is 12.9. The van der Waals surface area contributed by atoms with Crippen LogP contribution in [0.15, 0.2) is 49.0 Å². The molecule has 17 unspecified atom stereocenters. The fraction of sp³-hybridized carbons (Fsp3) is 0.722. The summed E-state index contributed by atoms with van der Waals surface area (Å²) in [7, 11) is 5.30. The quantitative estimate of drug-likeness (QED) is 0.0598. The van der Waals surface area contributed by atoms with Gasteiger partial charge in [0.15, 0.2) is 25.2 Å². The van der Waals surface area contributed by atoms with Crippen LogP contribution in [0.2, 0.25) is 0 Å². The highest BCUT2D eigenvalue weighted by atomic mass is 16.8. The average Bonchev–Trinajstić information content (AvgIpc) is 3.21. The summed E-state index contributed by atoms with van der Waals surface area (Å²) in [4.78, 5) is 25.5. The van der Waals surface area contributed by atoms with E-state index in [4.69, 9.17) is 56.8 Å². The molecule has 56 heavy (non-hydrogen) atoms. The number of aliphatic hydroxyl groups is 6. The fourth-order valence-electron chi connectivity index (χ4n) is 7.44. The van der Waals surface area contributed by atoms with Gasteiger partial charge in [-0.25, -0.2) is 9.59 Å². The second-order valence-corrected chi connectivity index (χ2v) is 13.7. The largest absolute Gasteiger partial charge is 0.471 e. The van der Waals surface area contributed by atoms with E-state index in [1.807, 2.05) is 0 Å². The summed E-state index contributed by atoms with van der Waals surface area (Å²) in [6, 6.07) is 0. The highest BCUT2D eigenvalue weighted by Gasteiger charge is 2.53. The van der Waals surface area contributed by atoms with E-state index >= 15 is 0 Å². The number of hydrogen-bond donors (Lipinski definition) is 6. The molecule has 0 aliphatic carbocycles. The van der Waals surface area contributed by atoms with Crippen LogP contribution in [0.4, 0.5) is 0 Å². The van der Waals surface area contributed by atoms with Crippen LogP contribution in [-0.4, -0.2) is 171 Å². The van der Waals surface area contributed by atoms with Crippen LogP contribution in [0, 0.1) is 23.7 Å². The second-order valence-electron chi connectivity index (χ2n) is 13.7. The number of aliphatic hydroxyl groups excluding tert-OH is 6. The Bertz CT molecular complexity index is 1410. The Hall–Kier alpha value is -3.06. The zero-order chi connectivity index (χ0) is 40.8. The van der Waals surface area contributed by atoms with Crippen molar-refractivity contribution >= 4 is 11.9 Å². The molecule has 0 radical (unpaired) electrons. The van der Waals surface area contributed by atoms with Gasteiger partial charge in [0.05, 0.1) is 51.1 Å². The number of carbonyl (C=O) groups excluding carboxylic acids is 2. The van der Waals surface area contributed by atoms with Gasteiger partial charge in [-0.15, -0.1) is 13.2 Å². The third kappa shape index (κ3) is 9.13. The molecule has 0 spiro atoms. The van der Waals surface area contributed by atoms with Gasteiger partial charge in [0.2, 0.25) is 12.6 Å². The van der Waals surface area contributed by atoms with Crippen molar-refractivity contribution in [1.82, 2.24) is 0 Å². The number of carbonyl (C=O) groups is 2. The van der Waals surface area contributed by atoms with Crippen LogP contribution in [-0.2, 0) is 66.4 Å². The predicted octanol–water partition coefficient (Wildman–Crippen LogP) is -1.93. The summed E-state index contributed by atoms with van der Waals surface area (Å²) in [5, 5.41) is 63.1. The summed E-state index contributed by atoms with van der Waals surface area (Å²) >= 11 is 0. The highest BCUT2D eigenvalue weighted by molar-refractivity contribution is 5.89. The number of methoxy groups -OCH3 is 4. The standard InChI is InChI=1S/C36H52O20/c1-7-15-17(9-23(45-3)46-4)19(31(43)47-5)12-50-33(15)56-36-29(42)27(40)30-22(53-36)14-49-24(54-30)10-18-16(8-2)34(51-13-20(18)32(44)48-6)55-35-28(41)26(39)25(38)21(11-37)52-35/h7-8,12-13,15-18,21-30,33-42H,1-2,9-11,14H2,3-6H3. The van der Waals surface area contributed by atoms with E-state index in [-0.39, 0.29) is 30.6 Å². The van der Waals surface area contributed by atoms with E-state index in [2.05, 4.69) is 13.2 Å². The number of ether oxygens (including phenoxy) is 12. The zero-order valence-corrected chi connectivity index (χ0v) is 31.3. The molecule has 20 nitrogen and oxygen atoms in total. The lowest BCUT2D eigenvalue weighted by molar-refractivity contribution is -0.380. The minimum Gasteiger partial charge on any atom is -0.471 e.